The van der Waals surface area contributed by atoms with Gasteiger partial charge in [-0.3, -0.25) is 4.79 Å². The quantitative estimate of drug-likeness (QED) is 0.852. The van der Waals surface area contributed by atoms with Crippen molar-refractivity contribution < 1.29 is 4.79 Å². The van der Waals surface area contributed by atoms with Gasteiger partial charge < -0.3 is 5.32 Å². The van der Waals surface area contributed by atoms with Crippen LogP contribution in [0.3, 0.4) is 0 Å². The third-order valence-corrected chi connectivity index (χ3v) is 5.66. The summed E-state index contributed by atoms with van der Waals surface area (Å²) in [6, 6.07) is 12.7. The number of hydrogen-bond acceptors (Lipinski definition) is 2. The summed E-state index contributed by atoms with van der Waals surface area (Å²) in [7, 11) is 0. The fraction of sp³-hybridized carbons (Fsp3) is 0.350. The largest absolute Gasteiger partial charge is 0.325 e. The number of hydrogen-bond donors (Lipinski definition) is 1. The van der Waals surface area contributed by atoms with E-state index in [1.54, 1.807) is 11.8 Å². The topological polar surface area (TPSA) is 29.1 Å². The zero-order chi connectivity index (χ0) is 16.6. The Morgan fingerprint density at radius 1 is 1.22 bits per heavy atom. The van der Waals surface area contributed by atoms with Gasteiger partial charge in [-0.2, -0.15) is 0 Å². The number of anilines is 1. The third-order valence-electron chi connectivity index (χ3n) is 4.36. The van der Waals surface area contributed by atoms with Crippen molar-refractivity contribution in [2.75, 3.05) is 5.32 Å². The maximum Gasteiger partial charge on any atom is 0.238 e. The van der Waals surface area contributed by atoms with Crippen LogP contribution in [-0.2, 0) is 11.2 Å². The summed E-state index contributed by atoms with van der Waals surface area (Å²) in [4.78, 5) is 14.0. The van der Waals surface area contributed by atoms with Gasteiger partial charge in [0, 0.05) is 10.6 Å². The molecule has 0 unspecified atom stereocenters. The van der Waals surface area contributed by atoms with E-state index in [0.717, 1.165) is 17.7 Å². The van der Waals surface area contributed by atoms with Crippen LogP contribution in [-0.4, -0.2) is 11.2 Å². The summed E-state index contributed by atoms with van der Waals surface area (Å²) < 4.78 is 0. The van der Waals surface area contributed by atoms with E-state index in [1.165, 1.54) is 21.6 Å². The van der Waals surface area contributed by atoms with Crippen LogP contribution in [0.15, 0.2) is 41.3 Å². The molecule has 0 spiro atoms. The molecule has 1 N–H and O–H groups in total. The molecule has 1 aliphatic heterocycles. The highest BCUT2D eigenvalue weighted by atomic mass is 32.2. The summed E-state index contributed by atoms with van der Waals surface area (Å²) in [5, 5.41) is 3.16. The molecule has 2 aromatic carbocycles. The summed E-state index contributed by atoms with van der Waals surface area (Å²) in [5.74, 6) is 0.501. The number of nitrogens with one attached hydrogen (secondary N) is 1. The molecule has 0 saturated carbocycles. The summed E-state index contributed by atoms with van der Waals surface area (Å²) in [6.45, 7) is 8.47. The Balaban J connectivity index is 1.79. The number of aryl methyl sites for hydroxylation is 2. The summed E-state index contributed by atoms with van der Waals surface area (Å²) in [5.41, 5.74) is 5.85. The monoisotopic (exact) mass is 325 g/mol. The molecular weight excluding hydrogens is 302 g/mol. The van der Waals surface area contributed by atoms with Crippen LogP contribution in [0.2, 0.25) is 0 Å². The smallest absolute Gasteiger partial charge is 0.238 e. The molecule has 23 heavy (non-hydrogen) atoms. The molecule has 2 nitrogen and oxygen atoms in total. The first-order chi connectivity index (χ1) is 11.0. The first-order valence-electron chi connectivity index (χ1n) is 8.12. The van der Waals surface area contributed by atoms with E-state index >= 15 is 0 Å². The molecule has 3 rings (SSSR count). The lowest BCUT2D eigenvalue weighted by Crippen LogP contribution is -2.25. The number of fused-ring (bicyclic) bond motifs is 1. The average Bonchev–Trinajstić information content (AvgIpc) is 2.92. The molecule has 1 atom stereocenters. The van der Waals surface area contributed by atoms with Crippen molar-refractivity contribution in [2.45, 2.75) is 50.2 Å². The second kappa shape index (κ2) is 6.40. The number of para-hydroxylation sites is 1. The van der Waals surface area contributed by atoms with Crippen LogP contribution < -0.4 is 5.32 Å². The van der Waals surface area contributed by atoms with E-state index in [1.807, 2.05) is 0 Å². The Morgan fingerprint density at radius 3 is 2.74 bits per heavy atom. The lowest BCUT2D eigenvalue weighted by Gasteiger charge is -2.18. The highest BCUT2D eigenvalue weighted by Gasteiger charge is 2.29. The maximum atomic E-state index is 12.8. The lowest BCUT2D eigenvalue weighted by molar-refractivity contribution is -0.115. The molecule has 0 radical (unpaired) electrons. The minimum absolute atomic E-state index is 0.0357. The number of amides is 1. The molecule has 0 fully saturated rings. The Kier molecular flexibility index (Phi) is 4.49. The normalized spacial score (nSPS) is 16.5. The van der Waals surface area contributed by atoms with Crippen LogP contribution >= 0.6 is 11.8 Å². The summed E-state index contributed by atoms with van der Waals surface area (Å²) in [6.07, 6.45) is 0.814. The molecule has 3 heteroatoms. The van der Waals surface area contributed by atoms with Gasteiger partial charge in [-0.05, 0) is 48.9 Å². The third kappa shape index (κ3) is 3.30. The van der Waals surface area contributed by atoms with Gasteiger partial charge in [0.15, 0.2) is 0 Å². The molecular formula is C20H23NOS. The predicted octanol–water partition coefficient (Wildman–Crippen LogP) is 5.08. The van der Waals surface area contributed by atoms with Gasteiger partial charge in [0.1, 0.15) is 0 Å². The highest BCUT2D eigenvalue weighted by molar-refractivity contribution is 8.01. The van der Waals surface area contributed by atoms with Crippen LogP contribution in [0, 0.1) is 13.8 Å². The van der Waals surface area contributed by atoms with E-state index in [0.29, 0.717) is 5.92 Å². The molecule has 1 amide bonds. The van der Waals surface area contributed by atoms with Gasteiger partial charge in [0.05, 0.1) is 5.25 Å². The van der Waals surface area contributed by atoms with Gasteiger partial charge >= 0.3 is 0 Å². The predicted molar refractivity (Wildman–Crippen MR) is 98.4 cm³/mol. The second-order valence-electron chi connectivity index (χ2n) is 6.60. The van der Waals surface area contributed by atoms with Crippen LogP contribution in [0.1, 0.15) is 42.0 Å². The number of benzene rings is 2. The molecule has 1 heterocycles. The van der Waals surface area contributed by atoms with Crippen molar-refractivity contribution in [2.24, 2.45) is 0 Å². The Hall–Kier alpha value is -1.74. The Labute approximate surface area is 142 Å². The highest BCUT2D eigenvalue weighted by Crippen LogP contribution is 2.38. The number of rotatable bonds is 3. The maximum absolute atomic E-state index is 12.8. The zero-order valence-corrected chi connectivity index (χ0v) is 15.0. The molecule has 0 saturated heterocycles. The summed E-state index contributed by atoms with van der Waals surface area (Å²) >= 11 is 1.69. The van der Waals surface area contributed by atoms with E-state index in [4.69, 9.17) is 0 Å². The SMILES string of the molecule is Cc1ccc2c(c1)S[C@H](C(=O)Nc1c(C)cccc1C(C)C)C2. The van der Waals surface area contributed by atoms with Crippen LogP contribution in [0.5, 0.6) is 0 Å². The first kappa shape index (κ1) is 16.1. The minimum Gasteiger partial charge on any atom is -0.325 e. The Bertz CT molecular complexity index is 751. The van der Waals surface area contributed by atoms with E-state index in [9.17, 15) is 4.79 Å². The van der Waals surface area contributed by atoms with Gasteiger partial charge in [-0.15, -0.1) is 11.8 Å². The zero-order valence-electron chi connectivity index (χ0n) is 14.1. The van der Waals surface area contributed by atoms with Gasteiger partial charge in [-0.25, -0.2) is 0 Å². The fourth-order valence-corrected chi connectivity index (χ4v) is 4.32. The van der Waals surface area contributed by atoms with Gasteiger partial charge in [-0.1, -0.05) is 49.7 Å². The minimum atomic E-state index is -0.0357. The molecule has 0 aliphatic carbocycles. The van der Waals surface area contributed by atoms with Crippen molar-refractivity contribution in [3.05, 3.63) is 58.7 Å². The van der Waals surface area contributed by atoms with Crippen molar-refractivity contribution in [1.82, 2.24) is 0 Å². The van der Waals surface area contributed by atoms with Crippen molar-refractivity contribution in [1.29, 1.82) is 0 Å². The number of carbonyl (C=O) groups is 1. The van der Waals surface area contributed by atoms with E-state index < -0.39 is 0 Å². The van der Waals surface area contributed by atoms with E-state index in [2.05, 4.69) is 69.4 Å². The lowest BCUT2D eigenvalue weighted by atomic mass is 9.98. The Morgan fingerprint density at radius 2 is 2.00 bits per heavy atom. The molecule has 120 valence electrons. The fourth-order valence-electron chi connectivity index (χ4n) is 3.03. The number of thioether (sulfide) groups is 1. The van der Waals surface area contributed by atoms with Crippen molar-refractivity contribution >= 4 is 23.4 Å². The van der Waals surface area contributed by atoms with Crippen molar-refractivity contribution in [3.8, 4) is 0 Å². The molecule has 1 aliphatic rings. The van der Waals surface area contributed by atoms with Crippen LogP contribution in [0.4, 0.5) is 5.69 Å². The van der Waals surface area contributed by atoms with Gasteiger partial charge in [0.2, 0.25) is 5.91 Å². The molecule has 0 aromatic heterocycles. The second-order valence-corrected chi connectivity index (χ2v) is 7.85. The number of carbonyl (C=O) groups excluding carboxylic acids is 1. The van der Waals surface area contributed by atoms with E-state index in [-0.39, 0.29) is 11.2 Å². The van der Waals surface area contributed by atoms with Gasteiger partial charge in [0.25, 0.3) is 0 Å². The first-order valence-corrected chi connectivity index (χ1v) is 9.00. The molecule has 2 aromatic rings. The standard InChI is InChI=1S/C20H23NOS/c1-12(2)16-7-5-6-14(4)19(16)21-20(22)18-11-15-9-8-13(3)10-17(15)23-18/h5-10,12,18H,11H2,1-4H3,(H,21,22)/t18-/m0/s1. The average molecular weight is 325 g/mol. The molecule has 0 bridgehead atoms. The van der Waals surface area contributed by atoms with Crippen molar-refractivity contribution in [3.63, 3.8) is 0 Å². The van der Waals surface area contributed by atoms with Crippen LogP contribution in [0.25, 0.3) is 0 Å².